The van der Waals surface area contributed by atoms with Crippen LogP contribution in [0.1, 0.15) is 15.9 Å². The van der Waals surface area contributed by atoms with Crippen LogP contribution >= 0.6 is 12.2 Å². The van der Waals surface area contributed by atoms with E-state index in [4.69, 9.17) is 22.1 Å². The van der Waals surface area contributed by atoms with Crippen LogP contribution in [-0.4, -0.2) is 33.7 Å². The third kappa shape index (κ3) is 4.11. The third-order valence-electron chi connectivity index (χ3n) is 3.97. The first kappa shape index (κ1) is 18.9. The molecule has 0 unspecified atom stereocenters. The van der Waals surface area contributed by atoms with E-state index in [0.717, 1.165) is 0 Å². The van der Waals surface area contributed by atoms with E-state index in [1.165, 1.54) is 0 Å². The summed E-state index contributed by atoms with van der Waals surface area (Å²) in [6, 6.07) is 17.7. The Hall–Kier alpha value is -2.87. The molecule has 0 atom stereocenters. The van der Waals surface area contributed by atoms with E-state index < -0.39 is 11.3 Å². The van der Waals surface area contributed by atoms with Crippen molar-refractivity contribution in [3.8, 4) is 11.3 Å². The number of aliphatic hydroxyl groups is 1. The smallest absolute Gasteiger partial charge is 0.263 e. The molecule has 1 heterocycles. The molecule has 0 amide bonds. The van der Waals surface area contributed by atoms with Crippen LogP contribution in [0, 0.1) is 4.77 Å². The number of aromatic nitrogens is 2. The summed E-state index contributed by atoms with van der Waals surface area (Å²) in [5.41, 5.74) is 0.901. The molecule has 3 rings (SSSR count). The highest BCUT2D eigenvalue weighted by molar-refractivity contribution is 7.71. The molecule has 0 aliphatic heterocycles. The van der Waals surface area contributed by atoms with Crippen molar-refractivity contribution >= 4 is 18.0 Å². The van der Waals surface area contributed by atoms with E-state index in [9.17, 15) is 9.59 Å². The fraction of sp³-hybridized carbons (Fsp3) is 0.150. The van der Waals surface area contributed by atoms with Crippen LogP contribution in [0.15, 0.2) is 65.5 Å². The van der Waals surface area contributed by atoms with Crippen molar-refractivity contribution in [3.63, 3.8) is 0 Å². The number of H-pyrrole nitrogens is 1. The molecule has 0 saturated heterocycles. The minimum atomic E-state index is -0.550. The Bertz CT molecular complexity index is 1040. The van der Waals surface area contributed by atoms with E-state index in [1.807, 2.05) is 18.2 Å². The lowest BCUT2D eigenvalue weighted by Crippen LogP contribution is -2.26. The number of nitrogens with one attached hydrogen (secondary N) is 1. The lowest BCUT2D eigenvalue weighted by atomic mass is 9.99. The molecule has 0 radical (unpaired) electrons. The molecule has 138 valence electrons. The Morgan fingerprint density at radius 2 is 1.70 bits per heavy atom. The Morgan fingerprint density at radius 1 is 1.07 bits per heavy atom. The number of rotatable bonds is 7. The largest absolute Gasteiger partial charge is 0.394 e. The molecule has 2 N–H and O–H groups in total. The molecule has 0 saturated carbocycles. The third-order valence-corrected chi connectivity index (χ3v) is 4.29. The quantitative estimate of drug-likeness (QED) is 0.373. The molecule has 7 heteroatoms. The second-order valence-electron chi connectivity index (χ2n) is 5.73. The van der Waals surface area contributed by atoms with Crippen molar-refractivity contribution in [2.45, 2.75) is 6.73 Å². The number of aliphatic hydroxyl groups excluding tert-OH is 1. The zero-order chi connectivity index (χ0) is 19.2. The zero-order valence-electron chi connectivity index (χ0n) is 14.4. The van der Waals surface area contributed by atoms with Gasteiger partial charge in [0, 0.05) is 5.56 Å². The van der Waals surface area contributed by atoms with Crippen molar-refractivity contribution < 1.29 is 14.6 Å². The number of hydrogen-bond donors (Lipinski definition) is 2. The number of nitrogens with zero attached hydrogens (tertiary/aromatic N) is 1. The number of ether oxygens (including phenoxy) is 1. The fourth-order valence-electron chi connectivity index (χ4n) is 2.76. The van der Waals surface area contributed by atoms with Crippen LogP contribution in [0.25, 0.3) is 11.3 Å². The second kappa shape index (κ2) is 8.68. The minimum absolute atomic E-state index is 0.00449. The molecular formula is C20H18N2O4S. The summed E-state index contributed by atoms with van der Waals surface area (Å²) in [6.45, 7) is -0.0420. The van der Waals surface area contributed by atoms with Gasteiger partial charge < -0.3 is 9.84 Å². The first-order valence-corrected chi connectivity index (χ1v) is 8.75. The SMILES string of the molecule is O=C(c1ccccc1)c1c(-c2ccccc2)n(COCCO)c(=S)[nH]c1=O. The van der Waals surface area contributed by atoms with E-state index in [1.54, 1.807) is 47.0 Å². The molecule has 6 nitrogen and oxygen atoms in total. The molecule has 0 aliphatic rings. The van der Waals surface area contributed by atoms with E-state index in [2.05, 4.69) is 4.98 Å². The maximum Gasteiger partial charge on any atom is 0.263 e. The lowest BCUT2D eigenvalue weighted by Gasteiger charge is -2.17. The molecule has 27 heavy (non-hydrogen) atoms. The second-order valence-corrected chi connectivity index (χ2v) is 6.12. The average molecular weight is 382 g/mol. The van der Waals surface area contributed by atoms with Gasteiger partial charge in [0.15, 0.2) is 4.77 Å². The Balaban J connectivity index is 2.26. The minimum Gasteiger partial charge on any atom is -0.394 e. The van der Waals surface area contributed by atoms with Crippen LogP contribution in [0.3, 0.4) is 0 Å². The maximum absolute atomic E-state index is 13.1. The highest BCUT2D eigenvalue weighted by Gasteiger charge is 2.22. The Morgan fingerprint density at radius 3 is 2.33 bits per heavy atom. The molecule has 2 aromatic carbocycles. The van der Waals surface area contributed by atoms with Gasteiger partial charge in [-0.15, -0.1) is 0 Å². The number of hydrogen-bond acceptors (Lipinski definition) is 5. The summed E-state index contributed by atoms with van der Waals surface area (Å²) >= 11 is 5.29. The summed E-state index contributed by atoms with van der Waals surface area (Å²) in [4.78, 5) is 28.4. The maximum atomic E-state index is 13.1. The summed E-state index contributed by atoms with van der Waals surface area (Å²) in [7, 11) is 0. The molecule has 1 aromatic heterocycles. The monoisotopic (exact) mass is 382 g/mol. The Labute approximate surface area is 160 Å². The topological polar surface area (TPSA) is 84.3 Å². The molecule has 3 aromatic rings. The number of carbonyl (C=O) groups excluding carboxylic acids is 1. The van der Waals surface area contributed by atoms with Gasteiger partial charge >= 0.3 is 0 Å². The van der Waals surface area contributed by atoms with E-state index in [0.29, 0.717) is 16.8 Å². The zero-order valence-corrected chi connectivity index (χ0v) is 15.2. The molecule has 0 aliphatic carbocycles. The number of carbonyl (C=O) groups is 1. The number of ketones is 1. The molecule has 0 spiro atoms. The first-order chi connectivity index (χ1) is 13.1. The summed E-state index contributed by atoms with van der Waals surface area (Å²) in [6.07, 6.45) is 0. The summed E-state index contributed by atoms with van der Waals surface area (Å²) < 4.78 is 7.10. The van der Waals surface area contributed by atoms with Gasteiger partial charge in [0.25, 0.3) is 5.56 Å². The van der Waals surface area contributed by atoms with Gasteiger partial charge in [-0.05, 0) is 17.8 Å². The highest BCUT2D eigenvalue weighted by Crippen LogP contribution is 2.24. The molecule has 0 bridgehead atoms. The number of aromatic amines is 1. The lowest BCUT2D eigenvalue weighted by molar-refractivity contribution is 0.0474. The van der Waals surface area contributed by atoms with Gasteiger partial charge in [-0.3, -0.25) is 19.1 Å². The van der Waals surface area contributed by atoms with Gasteiger partial charge in [-0.1, -0.05) is 60.7 Å². The first-order valence-electron chi connectivity index (χ1n) is 8.34. The van der Waals surface area contributed by atoms with Gasteiger partial charge in [0.1, 0.15) is 12.3 Å². The predicted molar refractivity (Wildman–Crippen MR) is 104 cm³/mol. The molecular weight excluding hydrogens is 364 g/mol. The Kier molecular flexibility index (Phi) is 6.08. The van der Waals surface area contributed by atoms with Crippen LogP contribution in [-0.2, 0) is 11.5 Å². The summed E-state index contributed by atoms with van der Waals surface area (Å²) in [5, 5.41) is 8.96. The van der Waals surface area contributed by atoms with Crippen molar-refractivity contribution in [1.29, 1.82) is 0 Å². The van der Waals surface area contributed by atoms with Gasteiger partial charge in [0.05, 0.1) is 18.9 Å². The standard InChI is InChI=1S/C20H18N2O4S/c23-11-12-26-13-22-17(14-7-3-1-4-8-14)16(19(25)21-20(22)27)18(24)15-9-5-2-6-10-15/h1-10,23H,11-13H2,(H,21,25,27). The fourth-order valence-corrected chi connectivity index (χ4v) is 2.99. The predicted octanol–water partition coefficient (Wildman–Crippen LogP) is 2.77. The van der Waals surface area contributed by atoms with Crippen LogP contribution in [0.5, 0.6) is 0 Å². The van der Waals surface area contributed by atoms with Crippen LogP contribution in [0.2, 0.25) is 0 Å². The van der Waals surface area contributed by atoms with Crippen molar-refractivity contribution in [3.05, 3.63) is 86.9 Å². The van der Waals surface area contributed by atoms with Gasteiger partial charge in [0.2, 0.25) is 5.78 Å². The van der Waals surface area contributed by atoms with Gasteiger partial charge in [-0.25, -0.2) is 0 Å². The van der Waals surface area contributed by atoms with Crippen molar-refractivity contribution in [1.82, 2.24) is 9.55 Å². The average Bonchev–Trinajstić information content (AvgIpc) is 2.70. The van der Waals surface area contributed by atoms with Crippen molar-refractivity contribution in [2.24, 2.45) is 0 Å². The molecule has 0 fully saturated rings. The van der Waals surface area contributed by atoms with Crippen molar-refractivity contribution in [2.75, 3.05) is 13.2 Å². The van der Waals surface area contributed by atoms with Crippen LogP contribution in [0.4, 0.5) is 0 Å². The number of benzene rings is 2. The van der Waals surface area contributed by atoms with E-state index >= 15 is 0 Å². The highest BCUT2D eigenvalue weighted by atomic mass is 32.1. The normalized spacial score (nSPS) is 10.7. The van der Waals surface area contributed by atoms with E-state index in [-0.39, 0.29) is 30.3 Å². The summed E-state index contributed by atoms with van der Waals surface area (Å²) in [5.74, 6) is -0.401. The van der Waals surface area contributed by atoms with Crippen LogP contribution < -0.4 is 5.56 Å². The van der Waals surface area contributed by atoms with Gasteiger partial charge in [-0.2, -0.15) is 0 Å².